The highest BCUT2D eigenvalue weighted by atomic mass is 19.4. The van der Waals surface area contributed by atoms with Gasteiger partial charge in [0.15, 0.2) is 5.69 Å². The van der Waals surface area contributed by atoms with Crippen LogP contribution in [0.3, 0.4) is 0 Å². The Labute approximate surface area is 121 Å². The lowest BCUT2D eigenvalue weighted by Crippen LogP contribution is -2.27. The van der Waals surface area contributed by atoms with Crippen molar-refractivity contribution in [3.05, 3.63) is 11.8 Å². The van der Waals surface area contributed by atoms with E-state index in [9.17, 15) is 13.2 Å². The molecule has 21 heavy (non-hydrogen) atoms. The summed E-state index contributed by atoms with van der Waals surface area (Å²) < 4.78 is 48.4. The maximum Gasteiger partial charge on any atom is 0.433 e. The summed E-state index contributed by atoms with van der Waals surface area (Å²) in [4.78, 5) is 7.41. The quantitative estimate of drug-likeness (QED) is 0.765. The molecule has 1 heterocycles. The number of methoxy groups -OCH3 is 2. The fourth-order valence-corrected chi connectivity index (χ4v) is 1.53. The van der Waals surface area contributed by atoms with E-state index in [0.717, 1.165) is 6.07 Å². The molecule has 1 unspecified atom stereocenters. The zero-order valence-corrected chi connectivity index (χ0v) is 12.1. The van der Waals surface area contributed by atoms with E-state index in [1.165, 1.54) is 14.2 Å². The number of alkyl halides is 3. The molecule has 0 aliphatic carbocycles. The highest BCUT2D eigenvalue weighted by Gasteiger charge is 2.33. The molecule has 120 valence electrons. The summed E-state index contributed by atoms with van der Waals surface area (Å²) in [6.07, 6.45) is -4.82. The van der Waals surface area contributed by atoms with Gasteiger partial charge in [-0.2, -0.15) is 18.2 Å². The number of hydrogen-bond acceptors (Lipinski definition) is 6. The number of ether oxygens (including phenoxy) is 2. The lowest BCUT2D eigenvalue weighted by molar-refractivity contribution is -0.141. The molecule has 1 atom stereocenters. The van der Waals surface area contributed by atoms with Gasteiger partial charge in [0.05, 0.1) is 12.7 Å². The zero-order chi connectivity index (χ0) is 15.9. The van der Waals surface area contributed by atoms with E-state index in [-0.39, 0.29) is 24.4 Å². The van der Waals surface area contributed by atoms with E-state index in [4.69, 9.17) is 9.47 Å². The Morgan fingerprint density at radius 1 is 1.24 bits per heavy atom. The van der Waals surface area contributed by atoms with Crippen LogP contribution in [0.15, 0.2) is 6.07 Å². The third kappa shape index (κ3) is 5.72. The van der Waals surface area contributed by atoms with E-state index < -0.39 is 11.9 Å². The van der Waals surface area contributed by atoms with Crippen molar-refractivity contribution in [2.24, 2.45) is 0 Å². The smallest absolute Gasteiger partial charge is 0.382 e. The van der Waals surface area contributed by atoms with Crippen LogP contribution in [0.5, 0.6) is 0 Å². The van der Waals surface area contributed by atoms with E-state index in [2.05, 4.69) is 20.6 Å². The molecular weight excluding hydrogens is 289 g/mol. The van der Waals surface area contributed by atoms with Crippen LogP contribution in [0.25, 0.3) is 0 Å². The molecule has 0 spiro atoms. The van der Waals surface area contributed by atoms with Crippen molar-refractivity contribution in [3.8, 4) is 0 Å². The first-order valence-electron chi connectivity index (χ1n) is 6.36. The molecule has 0 radical (unpaired) electrons. The summed E-state index contributed by atoms with van der Waals surface area (Å²) in [7, 11) is 3.01. The van der Waals surface area contributed by atoms with Gasteiger partial charge in [-0.15, -0.1) is 0 Å². The molecule has 1 aromatic rings. The first-order valence-corrected chi connectivity index (χ1v) is 6.36. The van der Waals surface area contributed by atoms with Crippen LogP contribution >= 0.6 is 0 Å². The van der Waals surface area contributed by atoms with Crippen LogP contribution in [-0.4, -0.2) is 50.0 Å². The average molecular weight is 308 g/mol. The summed E-state index contributed by atoms with van der Waals surface area (Å²) >= 11 is 0. The van der Waals surface area contributed by atoms with Gasteiger partial charge in [0.1, 0.15) is 5.82 Å². The van der Waals surface area contributed by atoms with Crippen molar-refractivity contribution < 1.29 is 22.6 Å². The van der Waals surface area contributed by atoms with Crippen LogP contribution in [-0.2, 0) is 15.7 Å². The molecule has 1 aromatic heterocycles. The second kappa shape index (κ2) is 7.99. The fourth-order valence-electron chi connectivity index (χ4n) is 1.53. The third-order valence-electron chi connectivity index (χ3n) is 2.55. The molecule has 0 saturated carbocycles. The van der Waals surface area contributed by atoms with E-state index >= 15 is 0 Å². The van der Waals surface area contributed by atoms with Gasteiger partial charge in [-0.1, -0.05) is 0 Å². The summed E-state index contributed by atoms with van der Waals surface area (Å²) in [6.45, 7) is 2.76. The summed E-state index contributed by atoms with van der Waals surface area (Å²) in [6, 6.07) is 0.861. The van der Waals surface area contributed by atoms with Gasteiger partial charge >= 0.3 is 6.18 Å². The van der Waals surface area contributed by atoms with Crippen LogP contribution in [0.1, 0.15) is 12.6 Å². The Bertz CT molecular complexity index is 443. The van der Waals surface area contributed by atoms with Crippen molar-refractivity contribution in [3.63, 3.8) is 0 Å². The van der Waals surface area contributed by atoms with Crippen molar-refractivity contribution in [1.29, 1.82) is 0 Å². The minimum absolute atomic E-state index is 0.0736. The number of nitrogens with one attached hydrogen (secondary N) is 2. The van der Waals surface area contributed by atoms with Gasteiger partial charge in [-0.05, 0) is 6.92 Å². The fraction of sp³-hybridized carbons (Fsp3) is 0.667. The summed E-state index contributed by atoms with van der Waals surface area (Å²) in [5.74, 6) is 0.00182. The maximum absolute atomic E-state index is 12.8. The Morgan fingerprint density at radius 2 is 1.95 bits per heavy atom. The SMILES string of the molecule is CCNc1nc(NCC(COC)OC)cc(C(F)(F)F)n1. The highest BCUT2D eigenvalue weighted by molar-refractivity contribution is 5.43. The minimum Gasteiger partial charge on any atom is -0.382 e. The van der Waals surface area contributed by atoms with Gasteiger partial charge < -0.3 is 20.1 Å². The van der Waals surface area contributed by atoms with Gasteiger partial charge in [0.2, 0.25) is 5.95 Å². The van der Waals surface area contributed by atoms with Gasteiger partial charge in [0.25, 0.3) is 0 Å². The number of hydrogen-bond donors (Lipinski definition) is 2. The summed E-state index contributed by atoms with van der Waals surface area (Å²) in [5, 5.41) is 5.46. The van der Waals surface area contributed by atoms with Crippen molar-refractivity contribution in [2.75, 3.05) is 44.5 Å². The largest absolute Gasteiger partial charge is 0.433 e. The molecule has 1 rings (SSSR count). The lowest BCUT2D eigenvalue weighted by atomic mass is 10.3. The molecular formula is C12H19F3N4O2. The van der Waals surface area contributed by atoms with E-state index in [1.807, 2.05) is 0 Å². The standard InChI is InChI=1S/C12H19F3N4O2/c1-4-16-11-18-9(12(13,14)15)5-10(19-11)17-6-8(21-3)7-20-2/h5,8H,4,6-7H2,1-3H3,(H2,16,17,18,19). The number of rotatable bonds is 8. The van der Waals surface area contributed by atoms with Crippen LogP contribution in [0, 0.1) is 0 Å². The molecule has 0 aromatic carbocycles. The average Bonchev–Trinajstić information content (AvgIpc) is 2.42. The highest BCUT2D eigenvalue weighted by Crippen LogP contribution is 2.29. The van der Waals surface area contributed by atoms with Crippen LogP contribution in [0.2, 0.25) is 0 Å². The number of nitrogens with zero attached hydrogens (tertiary/aromatic N) is 2. The molecule has 0 amide bonds. The Hall–Kier alpha value is -1.61. The molecule has 9 heteroatoms. The zero-order valence-electron chi connectivity index (χ0n) is 12.1. The van der Waals surface area contributed by atoms with Gasteiger partial charge in [-0.3, -0.25) is 0 Å². The predicted octanol–water partition coefficient (Wildman–Crippen LogP) is 2.00. The Balaban J connectivity index is 2.87. The number of anilines is 2. The number of halogens is 3. The monoisotopic (exact) mass is 308 g/mol. The van der Waals surface area contributed by atoms with E-state index in [1.54, 1.807) is 6.92 Å². The normalized spacial score (nSPS) is 13.0. The predicted molar refractivity (Wildman–Crippen MR) is 72.4 cm³/mol. The second-order valence-corrected chi connectivity index (χ2v) is 4.18. The van der Waals surface area contributed by atoms with Crippen molar-refractivity contribution in [2.45, 2.75) is 19.2 Å². The first kappa shape index (κ1) is 17.4. The first-order chi connectivity index (χ1) is 9.90. The van der Waals surface area contributed by atoms with Crippen molar-refractivity contribution >= 4 is 11.8 Å². The minimum atomic E-state index is -4.53. The molecule has 6 nitrogen and oxygen atoms in total. The van der Waals surface area contributed by atoms with Crippen molar-refractivity contribution in [1.82, 2.24) is 9.97 Å². The molecule has 2 N–H and O–H groups in total. The Kier molecular flexibility index (Phi) is 6.63. The molecule has 0 fully saturated rings. The van der Waals surface area contributed by atoms with Crippen LogP contribution < -0.4 is 10.6 Å². The molecule has 0 aliphatic heterocycles. The van der Waals surface area contributed by atoms with Gasteiger partial charge in [-0.25, -0.2) is 4.98 Å². The molecule has 0 aliphatic rings. The topological polar surface area (TPSA) is 68.3 Å². The summed E-state index contributed by atoms with van der Waals surface area (Å²) in [5.41, 5.74) is -1.00. The van der Waals surface area contributed by atoms with E-state index in [0.29, 0.717) is 13.2 Å². The number of aromatic nitrogens is 2. The Morgan fingerprint density at radius 3 is 2.48 bits per heavy atom. The van der Waals surface area contributed by atoms with Crippen LogP contribution in [0.4, 0.5) is 24.9 Å². The molecule has 0 saturated heterocycles. The lowest BCUT2D eigenvalue weighted by Gasteiger charge is -2.16. The third-order valence-corrected chi connectivity index (χ3v) is 2.55. The maximum atomic E-state index is 12.8. The molecule has 0 bridgehead atoms. The second-order valence-electron chi connectivity index (χ2n) is 4.18. The van der Waals surface area contributed by atoms with Gasteiger partial charge in [0, 0.05) is 33.4 Å².